The lowest BCUT2D eigenvalue weighted by atomic mass is 9.88. The normalized spacial score (nSPS) is 14.5. The Labute approximate surface area is 131 Å². The van der Waals surface area contributed by atoms with Gasteiger partial charge in [0, 0.05) is 6.61 Å². The van der Waals surface area contributed by atoms with Crippen LogP contribution in [0.5, 0.6) is 0 Å². The Morgan fingerprint density at radius 3 is 2.14 bits per heavy atom. The maximum absolute atomic E-state index is 6.08. The average Bonchev–Trinajstić information content (AvgIpc) is 2.42. The van der Waals surface area contributed by atoms with E-state index in [4.69, 9.17) is 4.74 Å². The second kappa shape index (κ2) is 8.55. The minimum Gasteiger partial charge on any atom is -0.376 e. The number of rotatable bonds is 8. The fraction of sp³-hybridized carbons (Fsp3) is 0.684. The van der Waals surface area contributed by atoms with Crippen LogP contribution in [0.2, 0.25) is 0 Å². The Bertz CT molecular complexity index is 439. The van der Waals surface area contributed by atoms with Crippen molar-refractivity contribution in [3.63, 3.8) is 0 Å². The molecule has 0 amide bonds. The van der Waals surface area contributed by atoms with Crippen LogP contribution >= 0.6 is 0 Å². The van der Waals surface area contributed by atoms with Crippen molar-refractivity contribution in [2.45, 2.75) is 67.0 Å². The lowest BCUT2D eigenvalue weighted by molar-refractivity contribution is 0.00268. The van der Waals surface area contributed by atoms with Crippen molar-refractivity contribution in [3.8, 4) is 0 Å². The molecule has 0 aliphatic rings. The molecule has 120 valence electrons. The first-order valence-electron chi connectivity index (χ1n) is 8.35. The van der Waals surface area contributed by atoms with Gasteiger partial charge in [0.2, 0.25) is 0 Å². The topological polar surface area (TPSA) is 21.3 Å². The quantitative estimate of drug-likeness (QED) is 0.748. The largest absolute Gasteiger partial charge is 0.376 e. The molecule has 0 heterocycles. The van der Waals surface area contributed by atoms with Crippen LogP contribution in [0.4, 0.5) is 0 Å². The molecule has 1 N–H and O–H groups in total. The second-order valence-corrected chi connectivity index (χ2v) is 6.39. The molecule has 2 atom stereocenters. The number of ether oxygens (including phenoxy) is 1. The summed E-state index contributed by atoms with van der Waals surface area (Å²) in [7, 11) is 0. The van der Waals surface area contributed by atoms with Gasteiger partial charge in [0.1, 0.15) is 0 Å². The predicted molar refractivity (Wildman–Crippen MR) is 91.9 cm³/mol. The molecule has 0 radical (unpaired) electrons. The number of hydrogen-bond acceptors (Lipinski definition) is 2. The van der Waals surface area contributed by atoms with Crippen LogP contribution in [0, 0.1) is 26.7 Å². The summed E-state index contributed by atoms with van der Waals surface area (Å²) < 4.78 is 6.08. The molecular weight excluding hydrogens is 258 g/mol. The highest BCUT2D eigenvalue weighted by Crippen LogP contribution is 2.29. The summed E-state index contributed by atoms with van der Waals surface area (Å²) >= 11 is 0. The average molecular weight is 291 g/mol. The highest BCUT2D eigenvalue weighted by Gasteiger charge is 2.27. The van der Waals surface area contributed by atoms with E-state index in [1.165, 1.54) is 22.3 Å². The van der Waals surface area contributed by atoms with Crippen molar-refractivity contribution in [1.29, 1.82) is 0 Å². The molecule has 2 heteroatoms. The molecule has 0 aliphatic heterocycles. The van der Waals surface area contributed by atoms with E-state index in [9.17, 15) is 0 Å². The summed E-state index contributed by atoms with van der Waals surface area (Å²) in [5.41, 5.74) is 5.47. The van der Waals surface area contributed by atoms with E-state index in [1.807, 2.05) is 0 Å². The van der Waals surface area contributed by atoms with Crippen LogP contribution in [-0.2, 0) is 4.74 Å². The van der Waals surface area contributed by atoms with Gasteiger partial charge in [0.15, 0.2) is 0 Å². The van der Waals surface area contributed by atoms with E-state index in [0.29, 0.717) is 5.92 Å². The summed E-state index contributed by atoms with van der Waals surface area (Å²) in [5, 5.41) is 3.71. The van der Waals surface area contributed by atoms with Gasteiger partial charge in [-0.2, -0.15) is 0 Å². The summed E-state index contributed by atoms with van der Waals surface area (Å²) in [6.07, 6.45) is 1.35. The Balaban J connectivity index is 3.19. The fourth-order valence-corrected chi connectivity index (χ4v) is 2.89. The maximum atomic E-state index is 6.08. The molecule has 2 nitrogen and oxygen atoms in total. The highest BCUT2D eigenvalue weighted by atomic mass is 16.5. The van der Waals surface area contributed by atoms with Gasteiger partial charge in [-0.3, -0.25) is 0 Å². The summed E-state index contributed by atoms with van der Waals surface area (Å²) in [5.74, 6) is 0.486. The van der Waals surface area contributed by atoms with Crippen LogP contribution in [0.15, 0.2) is 12.1 Å². The van der Waals surface area contributed by atoms with Gasteiger partial charge in [-0.15, -0.1) is 0 Å². The Kier molecular flexibility index (Phi) is 7.41. The van der Waals surface area contributed by atoms with Crippen LogP contribution < -0.4 is 5.32 Å². The van der Waals surface area contributed by atoms with Crippen LogP contribution in [0.1, 0.15) is 62.4 Å². The number of hydrogen-bond donors (Lipinski definition) is 1. The molecule has 1 rings (SSSR count). The first-order chi connectivity index (χ1) is 9.92. The van der Waals surface area contributed by atoms with Crippen molar-refractivity contribution in [2.24, 2.45) is 5.92 Å². The lowest BCUT2D eigenvalue weighted by Gasteiger charge is -2.32. The van der Waals surface area contributed by atoms with E-state index >= 15 is 0 Å². The molecule has 21 heavy (non-hydrogen) atoms. The van der Waals surface area contributed by atoms with Gasteiger partial charge in [-0.25, -0.2) is 0 Å². The van der Waals surface area contributed by atoms with E-state index < -0.39 is 0 Å². The number of nitrogens with one attached hydrogen (secondary N) is 1. The van der Waals surface area contributed by atoms with Crippen molar-refractivity contribution in [2.75, 3.05) is 13.2 Å². The number of aryl methyl sites for hydroxylation is 3. The van der Waals surface area contributed by atoms with Crippen molar-refractivity contribution in [1.82, 2.24) is 5.32 Å². The first kappa shape index (κ1) is 18.2. The van der Waals surface area contributed by atoms with Crippen molar-refractivity contribution >= 4 is 0 Å². The molecule has 0 aliphatic carbocycles. The molecule has 0 saturated heterocycles. The zero-order chi connectivity index (χ0) is 16.0. The van der Waals surface area contributed by atoms with E-state index in [-0.39, 0.29) is 12.1 Å². The minimum atomic E-state index is 0.211. The molecule has 0 fully saturated rings. The van der Waals surface area contributed by atoms with Gasteiger partial charge >= 0.3 is 0 Å². The standard InChI is InChI=1S/C19H33NO/c1-8-10-20-18(19(13(3)4)21-9-2)17-12-15(6)14(5)11-16(17)7/h11-13,18-20H,8-10H2,1-7H3. The fourth-order valence-electron chi connectivity index (χ4n) is 2.89. The van der Waals surface area contributed by atoms with E-state index in [0.717, 1.165) is 19.6 Å². The van der Waals surface area contributed by atoms with Crippen molar-refractivity contribution < 1.29 is 4.74 Å². The van der Waals surface area contributed by atoms with Gasteiger partial charge in [0.25, 0.3) is 0 Å². The van der Waals surface area contributed by atoms with Crippen LogP contribution in [-0.4, -0.2) is 19.3 Å². The Morgan fingerprint density at radius 2 is 1.62 bits per heavy atom. The molecule has 0 spiro atoms. The van der Waals surface area contributed by atoms with Crippen LogP contribution in [0.25, 0.3) is 0 Å². The molecule has 0 bridgehead atoms. The smallest absolute Gasteiger partial charge is 0.0792 e. The minimum absolute atomic E-state index is 0.211. The number of benzene rings is 1. The van der Waals surface area contributed by atoms with E-state index in [1.54, 1.807) is 0 Å². The molecular formula is C19H33NO. The highest BCUT2D eigenvalue weighted by molar-refractivity contribution is 5.38. The Hall–Kier alpha value is -0.860. The molecule has 0 saturated carbocycles. The molecule has 1 aromatic rings. The third kappa shape index (κ3) is 4.82. The third-order valence-corrected chi connectivity index (χ3v) is 4.18. The summed E-state index contributed by atoms with van der Waals surface area (Å²) in [6.45, 7) is 17.2. The predicted octanol–water partition coefficient (Wildman–Crippen LogP) is 4.71. The van der Waals surface area contributed by atoms with Crippen LogP contribution in [0.3, 0.4) is 0 Å². The zero-order valence-electron chi connectivity index (χ0n) is 14.9. The second-order valence-electron chi connectivity index (χ2n) is 6.39. The molecule has 2 unspecified atom stereocenters. The van der Waals surface area contributed by atoms with Gasteiger partial charge < -0.3 is 10.1 Å². The summed E-state index contributed by atoms with van der Waals surface area (Å²) in [4.78, 5) is 0. The molecule has 1 aromatic carbocycles. The van der Waals surface area contributed by atoms with E-state index in [2.05, 4.69) is 65.9 Å². The SMILES string of the molecule is CCCNC(c1cc(C)c(C)cc1C)C(OCC)C(C)C. The Morgan fingerprint density at radius 1 is 1.00 bits per heavy atom. The summed E-state index contributed by atoms with van der Waals surface area (Å²) in [6, 6.07) is 4.91. The van der Waals surface area contributed by atoms with Gasteiger partial charge in [-0.05, 0) is 68.8 Å². The zero-order valence-corrected chi connectivity index (χ0v) is 14.9. The maximum Gasteiger partial charge on any atom is 0.0792 e. The molecule has 0 aromatic heterocycles. The van der Waals surface area contributed by atoms with Crippen molar-refractivity contribution in [3.05, 3.63) is 34.4 Å². The van der Waals surface area contributed by atoms with Gasteiger partial charge in [-0.1, -0.05) is 32.9 Å². The van der Waals surface area contributed by atoms with Gasteiger partial charge in [0.05, 0.1) is 12.1 Å². The monoisotopic (exact) mass is 291 g/mol. The first-order valence-corrected chi connectivity index (χ1v) is 8.35. The third-order valence-electron chi connectivity index (χ3n) is 4.18. The lowest BCUT2D eigenvalue weighted by Crippen LogP contribution is -2.38.